The van der Waals surface area contributed by atoms with Crippen LogP contribution in [0.4, 0.5) is 0 Å². The Morgan fingerprint density at radius 1 is 0.667 bits per heavy atom. The highest BCUT2D eigenvalue weighted by molar-refractivity contribution is 4.84. The maximum absolute atomic E-state index is 9.27. The average molecular weight is 226 g/mol. The summed E-state index contributed by atoms with van der Waals surface area (Å²) in [5.41, 5.74) is 0. The molecule has 0 spiro atoms. The summed E-state index contributed by atoms with van der Waals surface area (Å²) in [5.74, 6) is 0. The zero-order valence-corrected chi connectivity index (χ0v) is 8.14. The molecule has 0 heterocycles. The lowest BCUT2D eigenvalue weighted by molar-refractivity contribution is -0.142. The van der Waals surface area contributed by atoms with E-state index in [9.17, 15) is 15.3 Å². The Kier molecular flexibility index (Phi) is 6.94. The van der Waals surface area contributed by atoms with Crippen molar-refractivity contribution in [1.29, 1.82) is 0 Å². The second-order valence-corrected chi connectivity index (χ2v) is 3.30. The smallest absolute Gasteiger partial charge is 0.111 e. The highest BCUT2D eigenvalue weighted by atomic mass is 16.4. The van der Waals surface area contributed by atoms with Crippen LogP contribution in [0.15, 0.2) is 0 Å². The summed E-state index contributed by atoms with van der Waals surface area (Å²) in [5, 5.41) is 62.8. The average Bonchev–Trinajstić information content (AvgIpc) is 2.25. The Balaban J connectivity index is 4.22. The van der Waals surface area contributed by atoms with Crippen molar-refractivity contribution in [2.45, 2.75) is 36.9 Å². The van der Waals surface area contributed by atoms with Gasteiger partial charge in [0.2, 0.25) is 0 Å². The van der Waals surface area contributed by atoms with Gasteiger partial charge in [0, 0.05) is 6.61 Å². The van der Waals surface area contributed by atoms with Crippen LogP contribution < -0.4 is 0 Å². The summed E-state index contributed by atoms with van der Waals surface area (Å²) in [6.07, 6.45) is -8.44. The van der Waals surface area contributed by atoms with Gasteiger partial charge in [-0.15, -0.1) is 0 Å². The molecule has 0 saturated heterocycles. The minimum Gasteiger partial charge on any atom is -0.396 e. The van der Waals surface area contributed by atoms with Crippen LogP contribution in [0.25, 0.3) is 0 Å². The predicted octanol–water partition coefficient (Wildman–Crippen LogP) is -3.83. The summed E-state index contributed by atoms with van der Waals surface area (Å²) in [6, 6.07) is 0. The van der Waals surface area contributed by atoms with Gasteiger partial charge in [-0.25, -0.2) is 0 Å². The first-order chi connectivity index (χ1) is 6.95. The van der Waals surface area contributed by atoms with Gasteiger partial charge in [-0.3, -0.25) is 0 Å². The SMILES string of the molecule is OCCC(O)C(O)C(O)C(O)C(O)CO. The zero-order chi connectivity index (χ0) is 12.0. The van der Waals surface area contributed by atoms with E-state index in [1.165, 1.54) is 0 Å². The predicted molar refractivity (Wildman–Crippen MR) is 48.8 cm³/mol. The summed E-state index contributed by atoms with van der Waals surface area (Å²) in [6.45, 7) is -1.16. The molecule has 0 bridgehead atoms. The van der Waals surface area contributed by atoms with Gasteiger partial charge >= 0.3 is 0 Å². The highest BCUT2D eigenvalue weighted by Gasteiger charge is 2.33. The van der Waals surface area contributed by atoms with E-state index in [-0.39, 0.29) is 13.0 Å². The molecule has 0 aromatic heterocycles. The normalized spacial score (nSPS) is 21.8. The van der Waals surface area contributed by atoms with E-state index in [4.69, 9.17) is 20.4 Å². The highest BCUT2D eigenvalue weighted by Crippen LogP contribution is 2.10. The molecule has 5 atom stereocenters. The van der Waals surface area contributed by atoms with Crippen LogP contribution in [-0.4, -0.2) is 79.5 Å². The summed E-state index contributed by atoms with van der Waals surface area (Å²) < 4.78 is 0. The molecule has 7 heteroatoms. The van der Waals surface area contributed by atoms with Crippen LogP contribution >= 0.6 is 0 Å². The Morgan fingerprint density at radius 2 is 1.13 bits per heavy atom. The Labute approximate surface area is 86.9 Å². The van der Waals surface area contributed by atoms with E-state index >= 15 is 0 Å². The van der Waals surface area contributed by atoms with Crippen LogP contribution in [0.2, 0.25) is 0 Å². The summed E-state index contributed by atoms with van der Waals surface area (Å²) >= 11 is 0. The van der Waals surface area contributed by atoms with E-state index in [1.54, 1.807) is 0 Å². The molecule has 0 aromatic carbocycles. The molecular formula is C8H18O7. The van der Waals surface area contributed by atoms with Gasteiger partial charge in [-0.1, -0.05) is 0 Å². The van der Waals surface area contributed by atoms with Crippen LogP contribution in [0.1, 0.15) is 6.42 Å². The van der Waals surface area contributed by atoms with Gasteiger partial charge in [0.15, 0.2) is 0 Å². The second-order valence-electron chi connectivity index (χ2n) is 3.30. The minimum atomic E-state index is -1.80. The molecular weight excluding hydrogens is 208 g/mol. The minimum absolute atomic E-state index is 0.167. The molecule has 0 rings (SSSR count). The molecule has 7 nitrogen and oxygen atoms in total. The summed E-state index contributed by atoms with van der Waals surface area (Å²) in [7, 11) is 0. The van der Waals surface area contributed by atoms with Crippen molar-refractivity contribution in [3.8, 4) is 0 Å². The number of hydrogen-bond donors (Lipinski definition) is 7. The van der Waals surface area contributed by atoms with Gasteiger partial charge < -0.3 is 35.7 Å². The molecule has 0 fully saturated rings. The first-order valence-electron chi connectivity index (χ1n) is 4.57. The van der Waals surface area contributed by atoms with E-state index < -0.39 is 37.1 Å². The fraction of sp³-hybridized carbons (Fsp3) is 1.00. The molecule has 0 aliphatic rings. The van der Waals surface area contributed by atoms with Crippen molar-refractivity contribution in [2.75, 3.05) is 13.2 Å². The van der Waals surface area contributed by atoms with Crippen molar-refractivity contribution >= 4 is 0 Å². The van der Waals surface area contributed by atoms with Gasteiger partial charge in [-0.2, -0.15) is 0 Å². The van der Waals surface area contributed by atoms with Crippen molar-refractivity contribution in [1.82, 2.24) is 0 Å². The van der Waals surface area contributed by atoms with Crippen LogP contribution in [0.5, 0.6) is 0 Å². The molecule has 15 heavy (non-hydrogen) atoms. The zero-order valence-electron chi connectivity index (χ0n) is 8.14. The standard InChI is InChI=1S/C8H18O7/c9-2-1-4(11)6(13)8(15)7(14)5(12)3-10/h4-15H,1-3H2. The topological polar surface area (TPSA) is 142 Å². The van der Waals surface area contributed by atoms with Crippen molar-refractivity contribution in [2.24, 2.45) is 0 Å². The van der Waals surface area contributed by atoms with Crippen molar-refractivity contribution in [3.05, 3.63) is 0 Å². The maximum Gasteiger partial charge on any atom is 0.111 e. The van der Waals surface area contributed by atoms with Crippen molar-refractivity contribution < 1.29 is 35.7 Å². The van der Waals surface area contributed by atoms with Gasteiger partial charge in [0.25, 0.3) is 0 Å². The monoisotopic (exact) mass is 226 g/mol. The van der Waals surface area contributed by atoms with Crippen molar-refractivity contribution in [3.63, 3.8) is 0 Å². The molecule has 0 radical (unpaired) electrons. The molecule has 0 aliphatic carbocycles. The Bertz CT molecular complexity index is 165. The number of aliphatic hydroxyl groups excluding tert-OH is 7. The lowest BCUT2D eigenvalue weighted by Crippen LogP contribution is -2.50. The summed E-state index contributed by atoms with van der Waals surface area (Å²) in [4.78, 5) is 0. The quantitative estimate of drug-likeness (QED) is 0.236. The van der Waals surface area contributed by atoms with Gasteiger partial charge in [0.1, 0.15) is 24.4 Å². The lowest BCUT2D eigenvalue weighted by Gasteiger charge is -2.28. The van der Waals surface area contributed by atoms with E-state index in [2.05, 4.69) is 0 Å². The third-order valence-electron chi connectivity index (χ3n) is 2.10. The van der Waals surface area contributed by atoms with Crippen LogP contribution in [0, 0.1) is 0 Å². The maximum atomic E-state index is 9.27. The third-order valence-corrected chi connectivity index (χ3v) is 2.10. The second kappa shape index (κ2) is 7.07. The molecule has 0 aliphatic heterocycles. The molecule has 5 unspecified atom stereocenters. The van der Waals surface area contributed by atoms with E-state index in [1.807, 2.05) is 0 Å². The Morgan fingerprint density at radius 3 is 1.53 bits per heavy atom. The first kappa shape index (κ1) is 14.7. The number of aliphatic hydroxyl groups is 7. The fourth-order valence-electron chi connectivity index (χ4n) is 1.07. The Hall–Kier alpha value is -0.280. The van der Waals surface area contributed by atoms with E-state index in [0.717, 1.165) is 0 Å². The lowest BCUT2D eigenvalue weighted by atomic mass is 9.98. The molecule has 0 amide bonds. The van der Waals surface area contributed by atoms with Gasteiger partial charge in [0.05, 0.1) is 12.7 Å². The fourth-order valence-corrected chi connectivity index (χ4v) is 1.07. The van der Waals surface area contributed by atoms with E-state index in [0.29, 0.717) is 0 Å². The van der Waals surface area contributed by atoms with Crippen LogP contribution in [0.3, 0.4) is 0 Å². The van der Waals surface area contributed by atoms with Gasteiger partial charge in [-0.05, 0) is 6.42 Å². The molecule has 92 valence electrons. The number of rotatable bonds is 7. The molecule has 0 aromatic rings. The first-order valence-corrected chi connectivity index (χ1v) is 4.57. The number of hydrogen-bond acceptors (Lipinski definition) is 7. The van der Waals surface area contributed by atoms with Crippen LogP contribution in [-0.2, 0) is 0 Å². The molecule has 0 saturated carbocycles. The largest absolute Gasteiger partial charge is 0.396 e. The third kappa shape index (κ3) is 4.39. The molecule has 7 N–H and O–H groups in total.